The number of fused-ring (bicyclic) bond motifs is 1. The predicted octanol–water partition coefficient (Wildman–Crippen LogP) is 0.809. The topological polar surface area (TPSA) is 0 Å². The first kappa shape index (κ1) is 25.2. The van der Waals surface area contributed by atoms with E-state index in [9.17, 15) is 0 Å². The zero-order valence-electron chi connectivity index (χ0n) is 17.0. The van der Waals surface area contributed by atoms with Gasteiger partial charge in [-0.25, -0.2) is 0 Å². The summed E-state index contributed by atoms with van der Waals surface area (Å²) in [5.74, 6) is 3.35. The van der Waals surface area contributed by atoms with E-state index in [2.05, 4.69) is 45.1 Å². The molecule has 1 fully saturated rings. The SMILES string of the molecule is CC(C)[C@@H]1CC[C@@H](C)CC1c1cc2c([c-]1C1=CC=CC1)CCCC2.[Cl-].[Cl-].[Ti+3]. The van der Waals surface area contributed by atoms with Crippen LogP contribution in [0.4, 0.5) is 0 Å². The minimum atomic E-state index is 0. The van der Waals surface area contributed by atoms with Crippen LogP contribution in [0.15, 0.2) is 24.3 Å². The first-order valence-corrected chi connectivity index (χ1v) is 10.3. The Morgan fingerprint density at radius 2 is 1.81 bits per heavy atom. The maximum absolute atomic E-state index is 2.65. The second-order valence-electron chi connectivity index (χ2n) is 8.94. The van der Waals surface area contributed by atoms with Crippen LogP contribution in [-0.2, 0) is 34.6 Å². The van der Waals surface area contributed by atoms with Crippen molar-refractivity contribution in [2.45, 2.75) is 78.1 Å². The van der Waals surface area contributed by atoms with Crippen molar-refractivity contribution in [1.29, 1.82) is 0 Å². The summed E-state index contributed by atoms with van der Waals surface area (Å²) in [6, 6.07) is 2.65. The second-order valence-corrected chi connectivity index (χ2v) is 8.94. The van der Waals surface area contributed by atoms with Crippen molar-refractivity contribution in [2.24, 2.45) is 17.8 Å². The molecule has 3 heteroatoms. The molecule has 3 aliphatic carbocycles. The molecule has 1 saturated carbocycles. The maximum Gasteiger partial charge on any atom is 3.00 e. The average molecular weight is 440 g/mol. The smallest absolute Gasteiger partial charge is 1.00 e. The summed E-state index contributed by atoms with van der Waals surface area (Å²) < 4.78 is 0. The van der Waals surface area contributed by atoms with Gasteiger partial charge in [0.2, 0.25) is 0 Å². The molecular formula is C24H33Cl2Ti. The summed E-state index contributed by atoms with van der Waals surface area (Å²) in [5, 5.41) is 0. The molecule has 0 N–H and O–H groups in total. The van der Waals surface area contributed by atoms with Crippen LogP contribution in [0.1, 0.15) is 87.5 Å². The van der Waals surface area contributed by atoms with E-state index >= 15 is 0 Å². The van der Waals surface area contributed by atoms with E-state index in [0.29, 0.717) is 0 Å². The number of hydrogen-bond donors (Lipinski definition) is 0. The Morgan fingerprint density at radius 1 is 1.07 bits per heavy atom. The van der Waals surface area contributed by atoms with Gasteiger partial charge in [0.1, 0.15) is 0 Å². The van der Waals surface area contributed by atoms with E-state index in [1.54, 1.807) is 27.8 Å². The zero-order valence-corrected chi connectivity index (χ0v) is 20.1. The van der Waals surface area contributed by atoms with Gasteiger partial charge >= 0.3 is 21.7 Å². The van der Waals surface area contributed by atoms with E-state index in [1.165, 1.54) is 44.9 Å². The van der Waals surface area contributed by atoms with Crippen LogP contribution in [0.5, 0.6) is 0 Å². The molecule has 3 aliphatic rings. The molecule has 0 amide bonds. The van der Waals surface area contributed by atoms with Crippen molar-refractivity contribution in [3.8, 4) is 0 Å². The molecule has 0 spiro atoms. The Kier molecular flexibility index (Phi) is 10.0. The molecule has 0 heterocycles. The standard InChI is InChI=1S/C24H33.2ClH.Ti/c1-16(2)20-13-12-17(3)14-22(20)23-15-19-10-6-7-11-21(19)24(23)18-8-4-5-9-18;;;/h4-5,8,15-17,20,22H,6-7,9-14H2,1-3H3;2*1H;/q-1;;;+3/p-2/t17-,20+,22?;;;/m1.../s1. The fourth-order valence-electron chi connectivity index (χ4n) is 5.67. The second kappa shape index (κ2) is 10.8. The Balaban J connectivity index is 0.00000121. The Hall–Kier alpha value is 0.124. The fourth-order valence-corrected chi connectivity index (χ4v) is 5.67. The van der Waals surface area contributed by atoms with Crippen molar-refractivity contribution in [3.63, 3.8) is 0 Å². The van der Waals surface area contributed by atoms with Crippen LogP contribution in [-0.4, -0.2) is 0 Å². The average Bonchev–Trinajstić information content (AvgIpc) is 3.21. The van der Waals surface area contributed by atoms with Gasteiger partial charge in [-0.05, 0) is 49.4 Å². The van der Waals surface area contributed by atoms with Crippen LogP contribution >= 0.6 is 0 Å². The third-order valence-electron chi connectivity index (χ3n) is 6.94. The van der Waals surface area contributed by atoms with Gasteiger partial charge in [0.15, 0.2) is 0 Å². The summed E-state index contributed by atoms with van der Waals surface area (Å²) in [4.78, 5) is 0. The summed E-state index contributed by atoms with van der Waals surface area (Å²) in [5.41, 5.74) is 8.46. The van der Waals surface area contributed by atoms with Crippen LogP contribution < -0.4 is 24.8 Å². The van der Waals surface area contributed by atoms with Crippen molar-refractivity contribution < 1.29 is 46.5 Å². The monoisotopic (exact) mass is 439 g/mol. The van der Waals surface area contributed by atoms with Gasteiger partial charge in [0.05, 0.1) is 0 Å². The van der Waals surface area contributed by atoms with Crippen molar-refractivity contribution >= 4 is 5.57 Å². The molecule has 1 aromatic rings. The molecule has 1 aromatic carbocycles. The van der Waals surface area contributed by atoms with E-state index in [0.717, 1.165) is 30.1 Å². The number of allylic oxidation sites excluding steroid dienone is 4. The first-order valence-electron chi connectivity index (χ1n) is 10.3. The third kappa shape index (κ3) is 5.00. The van der Waals surface area contributed by atoms with Crippen LogP contribution in [0, 0.1) is 17.8 Å². The zero-order chi connectivity index (χ0) is 16.7. The van der Waals surface area contributed by atoms with Gasteiger partial charge in [0.25, 0.3) is 0 Å². The van der Waals surface area contributed by atoms with Crippen molar-refractivity contribution in [3.05, 3.63) is 46.5 Å². The summed E-state index contributed by atoms with van der Waals surface area (Å²) in [6.07, 6.45) is 17.8. The van der Waals surface area contributed by atoms with E-state index in [-0.39, 0.29) is 46.5 Å². The molecule has 1 radical (unpaired) electrons. The Bertz CT molecular complexity index is 668. The quantitative estimate of drug-likeness (QED) is 0.482. The molecule has 1 unspecified atom stereocenters. The molecule has 0 aromatic heterocycles. The largest absolute Gasteiger partial charge is 3.00 e. The molecule has 0 nitrogen and oxygen atoms in total. The van der Waals surface area contributed by atoms with E-state index < -0.39 is 0 Å². The van der Waals surface area contributed by atoms with Gasteiger partial charge in [-0.3, -0.25) is 0 Å². The number of aryl methyl sites for hydroxylation is 1. The summed E-state index contributed by atoms with van der Waals surface area (Å²) >= 11 is 0. The van der Waals surface area contributed by atoms with Crippen LogP contribution in [0.25, 0.3) is 5.57 Å². The normalized spacial score (nSPS) is 26.5. The van der Waals surface area contributed by atoms with Gasteiger partial charge in [0, 0.05) is 0 Å². The molecule has 0 bridgehead atoms. The number of hydrogen-bond acceptors (Lipinski definition) is 0. The van der Waals surface area contributed by atoms with Gasteiger partial charge in [-0.2, -0.15) is 11.6 Å². The molecule has 147 valence electrons. The fraction of sp³-hybridized carbons (Fsp3) is 0.625. The molecule has 4 rings (SSSR count). The summed E-state index contributed by atoms with van der Waals surface area (Å²) in [6.45, 7) is 7.38. The van der Waals surface area contributed by atoms with E-state index in [4.69, 9.17) is 0 Å². The third-order valence-corrected chi connectivity index (χ3v) is 6.94. The molecule has 0 saturated heterocycles. The van der Waals surface area contributed by atoms with Crippen molar-refractivity contribution in [1.82, 2.24) is 0 Å². The van der Waals surface area contributed by atoms with Gasteiger partial charge < -0.3 is 24.8 Å². The molecule has 0 aliphatic heterocycles. The predicted molar refractivity (Wildman–Crippen MR) is 104 cm³/mol. The van der Waals surface area contributed by atoms with Gasteiger partial charge in [-0.1, -0.05) is 52.5 Å². The summed E-state index contributed by atoms with van der Waals surface area (Å²) in [7, 11) is 0. The molecule has 3 atom stereocenters. The molecular weight excluding hydrogens is 407 g/mol. The van der Waals surface area contributed by atoms with Crippen LogP contribution in [0.2, 0.25) is 0 Å². The Morgan fingerprint density at radius 3 is 2.48 bits per heavy atom. The minimum Gasteiger partial charge on any atom is -1.00 e. The Labute approximate surface area is 193 Å². The number of halogens is 2. The molecule has 27 heavy (non-hydrogen) atoms. The van der Waals surface area contributed by atoms with Crippen LogP contribution in [0.3, 0.4) is 0 Å². The first-order chi connectivity index (χ1) is 11.6. The van der Waals surface area contributed by atoms with Crippen molar-refractivity contribution in [2.75, 3.05) is 0 Å². The van der Waals surface area contributed by atoms with Gasteiger partial charge in [-0.15, -0.1) is 34.4 Å². The minimum absolute atomic E-state index is 0. The van der Waals surface area contributed by atoms with E-state index in [1.807, 2.05) is 0 Å². The maximum atomic E-state index is 2.65. The number of rotatable bonds is 3.